The molecular formula is C23H19N5O6. The summed E-state index contributed by atoms with van der Waals surface area (Å²) in [5, 5.41) is 42.2. The van der Waals surface area contributed by atoms with Crippen LogP contribution in [-0.4, -0.2) is 38.5 Å². The molecule has 1 atom stereocenters. The quantitative estimate of drug-likeness (QED) is 0.273. The molecule has 34 heavy (non-hydrogen) atoms. The van der Waals surface area contributed by atoms with Crippen molar-refractivity contribution in [2.24, 2.45) is 10.2 Å². The maximum atomic E-state index is 13.0. The summed E-state index contributed by atoms with van der Waals surface area (Å²) in [5.41, 5.74) is 2.31. The molecule has 4 rings (SSSR count). The number of non-ortho nitro benzene ring substituents is 1. The monoisotopic (exact) mass is 461 g/mol. The van der Waals surface area contributed by atoms with Crippen LogP contribution in [0, 0.1) is 17.0 Å². The zero-order valence-electron chi connectivity index (χ0n) is 17.9. The van der Waals surface area contributed by atoms with Gasteiger partial charge in [-0.2, -0.15) is 10.2 Å². The van der Waals surface area contributed by atoms with Crippen molar-refractivity contribution in [1.29, 1.82) is 0 Å². The maximum absolute atomic E-state index is 13.0. The lowest BCUT2D eigenvalue weighted by Crippen LogP contribution is -2.45. The summed E-state index contributed by atoms with van der Waals surface area (Å²) in [5.74, 6) is -1.86. The molecule has 0 aliphatic carbocycles. The largest absolute Gasteiger partial charge is 0.508 e. The lowest BCUT2D eigenvalue weighted by molar-refractivity contribution is -0.384. The van der Waals surface area contributed by atoms with E-state index in [2.05, 4.69) is 15.5 Å². The van der Waals surface area contributed by atoms with Gasteiger partial charge in [0.05, 0.1) is 21.9 Å². The molecule has 1 aliphatic rings. The number of fused-ring (bicyclic) bond motifs is 1. The Morgan fingerprint density at radius 2 is 1.91 bits per heavy atom. The zero-order valence-corrected chi connectivity index (χ0v) is 17.9. The molecular weight excluding hydrogens is 442 g/mol. The standard InChI is InChI=1S/C23H19N5O6/c1-13-10-15(28(33)34)7-8-18(13)26-25-14-6-9-20(29)17(11-14)22-24-19-5-3-2-4-16(19)23(32)27(22)12-21(30)31/h2-11,22,24,29H,12H2,1H3,(H,30,31). The van der Waals surface area contributed by atoms with E-state index in [9.17, 15) is 29.9 Å². The molecule has 1 amide bonds. The number of carboxylic acid groups (broad SMARTS) is 1. The van der Waals surface area contributed by atoms with Crippen LogP contribution in [0.5, 0.6) is 5.75 Å². The average molecular weight is 461 g/mol. The molecule has 0 fully saturated rings. The summed E-state index contributed by atoms with van der Waals surface area (Å²) < 4.78 is 0. The smallest absolute Gasteiger partial charge is 0.323 e. The highest BCUT2D eigenvalue weighted by molar-refractivity contribution is 6.02. The first kappa shape index (κ1) is 22.4. The van der Waals surface area contributed by atoms with Gasteiger partial charge in [-0.25, -0.2) is 0 Å². The number of nitro groups is 1. The van der Waals surface area contributed by atoms with Crippen molar-refractivity contribution in [2.45, 2.75) is 13.1 Å². The van der Waals surface area contributed by atoms with Crippen LogP contribution >= 0.6 is 0 Å². The highest BCUT2D eigenvalue weighted by Crippen LogP contribution is 2.38. The number of carbonyl (C=O) groups excluding carboxylic acids is 1. The van der Waals surface area contributed by atoms with Crippen LogP contribution in [-0.2, 0) is 4.79 Å². The topological polar surface area (TPSA) is 158 Å². The minimum absolute atomic E-state index is 0.0600. The van der Waals surface area contributed by atoms with Crippen LogP contribution in [0.1, 0.15) is 27.7 Å². The van der Waals surface area contributed by atoms with Crippen molar-refractivity contribution >= 4 is 34.6 Å². The van der Waals surface area contributed by atoms with E-state index >= 15 is 0 Å². The number of rotatable bonds is 6. The van der Waals surface area contributed by atoms with E-state index in [4.69, 9.17) is 0 Å². The highest BCUT2D eigenvalue weighted by Gasteiger charge is 2.35. The number of carbonyl (C=O) groups is 2. The van der Waals surface area contributed by atoms with E-state index in [1.807, 2.05) is 0 Å². The van der Waals surface area contributed by atoms with E-state index in [0.717, 1.165) is 4.90 Å². The van der Waals surface area contributed by atoms with Crippen LogP contribution in [0.2, 0.25) is 0 Å². The fourth-order valence-corrected chi connectivity index (χ4v) is 3.65. The van der Waals surface area contributed by atoms with Gasteiger partial charge in [0, 0.05) is 23.4 Å². The first-order valence-electron chi connectivity index (χ1n) is 10.1. The number of aliphatic carboxylic acids is 1. The number of phenols is 1. The van der Waals surface area contributed by atoms with Crippen molar-refractivity contribution in [3.8, 4) is 5.75 Å². The number of nitrogens with zero attached hydrogens (tertiary/aromatic N) is 4. The van der Waals surface area contributed by atoms with E-state index in [1.54, 1.807) is 31.2 Å². The van der Waals surface area contributed by atoms with Crippen molar-refractivity contribution in [1.82, 2.24) is 4.90 Å². The van der Waals surface area contributed by atoms with Gasteiger partial charge in [-0.05, 0) is 48.9 Å². The minimum Gasteiger partial charge on any atom is -0.508 e. The fourth-order valence-electron chi connectivity index (χ4n) is 3.65. The summed E-state index contributed by atoms with van der Waals surface area (Å²) in [6.45, 7) is 1.08. The fraction of sp³-hybridized carbons (Fsp3) is 0.130. The lowest BCUT2D eigenvalue weighted by atomic mass is 10.0. The normalized spacial score (nSPS) is 15.1. The van der Waals surface area contributed by atoms with Gasteiger partial charge in [0.25, 0.3) is 11.6 Å². The third-order valence-corrected chi connectivity index (χ3v) is 5.30. The Morgan fingerprint density at radius 3 is 2.62 bits per heavy atom. The van der Waals surface area contributed by atoms with E-state index in [-0.39, 0.29) is 17.0 Å². The summed E-state index contributed by atoms with van der Waals surface area (Å²) in [6.07, 6.45) is -0.963. The number of aromatic hydroxyl groups is 1. The molecule has 11 nitrogen and oxygen atoms in total. The second kappa shape index (κ2) is 8.98. The summed E-state index contributed by atoms with van der Waals surface area (Å²) in [7, 11) is 0. The predicted molar refractivity (Wildman–Crippen MR) is 122 cm³/mol. The van der Waals surface area contributed by atoms with Crippen LogP contribution in [0.15, 0.2) is 70.9 Å². The Bertz CT molecular complexity index is 1340. The van der Waals surface area contributed by atoms with Gasteiger partial charge >= 0.3 is 5.97 Å². The van der Waals surface area contributed by atoms with Gasteiger partial charge < -0.3 is 20.4 Å². The number of aryl methyl sites for hydroxylation is 1. The van der Waals surface area contributed by atoms with Gasteiger partial charge in [0.15, 0.2) is 0 Å². The van der Waals surface area contributed by atoms with Crippen molar-refractivity contribution in [3.05, 3.63) is 87.5 Å². The Kier molecular flexibility index (Phi) is 5.92. The molecule has 3 aromatic rings. The molecule has 0 bridgehead atoms. The first-order chi connectivity index (χ1) is 16.2. The Morgan fingerprint density at radius 1 is 1.15 bits per heavy atom. The molecule has 0 spiro atoms. The average Bonchev–Trinajstić information content (AvgIpc) is 2.80. The molecule has 0 saturated heterocycles. The zero-order chi connectivity index (χ0) is 24.4. The molecule has 0 radical (unpaired) electrons. The van der Waals surface area contributed by atoms with Gasteiger partial charge in [-0.15, -0.1) is 0 Å². The first-order valence-corrected chi connectivity index (χ1v) is 10.1. The molecule has 1 aliphatic heterocycles. The van der Waals surface area contributed by atoms with Gasteiger partial charge in [-0.3, -0.25) is 19.7 Å². The Labute approximate surface area is 193 Å². The second-order valence-electron chi connectivity index (χ2n) is 7.59. The van der Waals surface area contributed by atoms with E-state index < -0.39 is 29.5 Å². The third-order valence-electron chi connectivity index (χ3n) is 5.30. The Hall–Kier alpha value is -4.80. The van der Waals surface area contributed by atoms with E-state index in [0.29, 0.717) is 28.2 Å². The highest BCUT2D eigenvalue weighted by atomic mass is 16.6. The van der Waals surface area contributed by atoms with Gasteiger partial charge in [0.1, 0.15) is 18.5 Å². The second-order valence-corrected chi connectivity index (χ2v) is 7.59. The van der Waals surface area contributed by atoms with Crippen LogP contribution < -0.4 is 5.32 Å². The molecule has 3 N–H and O–H groups in total. The lowest BCUT2D eigenvalue weighted by Gasteiger charge is -2.37. The van der Waals surface area contributed by atoms with E-state index in [1.165, 1.54) is 36.4 Å². The molecule has 3 aromatic carbocycles. The summed E-state index contributed by atoms with van der Waals surface area (Å²) >= 11 is 0. The van der Waals surface area contributed by atoms with Crippen molar-refractivity contribution in [2.75, 3.05) is 11.9 Å². The van der Waals surface area contributed by atoms with Crippen molar-refractivity contribution in [3.63, 3.8) is 0 Å². The summed E-state index contributed by atoms with van der Waals surface area (Å²) in [6, 6.07) is 15.2. The number of carboxylic acids is 1. The molecule has 0 aromatic heterocycles. The number of hydrogen-bond acceptors (Lipinski definition) is 8. The van der Waals surface area contributed by atoms with Gasteiger partial charge in [0.2, 0.25) is 0 Å². The molecule has 11 heteroatoms. The summed E-state index contributed by atoms with van der Waals surface area (Å²) in [4.78, 5) is 36.0. The number of nitro benzene ring substituents is 1. The van der Waals surface area contributed by atoms with Crippen molar-refractivity contribution < 1.29 is 24.7 Å². The number of para-hydroxylation sites is 1. The van der Waals surface area contributed by atoms with Crippen LogP contribution in [0.3, 0.4) is 0 Å². The SMILES string of the molecule is Cc1cc([N+](=O)[O-])ccc1N=Nc1ccc(O)c(C2Nc3ccccc3C(=O)N2CC(=O)O)c1. The number of azo groups is 1. The number of amides is 1. The predicted octanol–water partition coefficient (Wildman–Crippen LogP) is 4.68. The molecule has 1 heterocycles. The van der Waals surface area contributed by atoms with Crippen LogP contribution in [0.4, 0.5) is 22.7 Å². The number of benzene rings is 3. The number of anilines is 1. The number of phenolic OH excluding ortho intramolecular Hbond substituents is 1. The molecule has 172 valence electrons. The molecule has 1 unspecified atom stereocenters. The number of hydrogen-bond donors (Lipinski definition) is 3. The van der Waals surface area contributed by atoms with Crippen LogP contribution in [0.25, 0.3) is 0 Å². The maximum Gasteiger partial charge on any atom is 0.323 e. The molecule has 0 saturated carbocycles. The minimum atomic E-state index is -1.21. The Balaban J connectivity index is 1.69. The van der Waals surface area contributed by atoms with Gasteiger partial charge in [-0.1, -0.05) is 12.1 Å². The third kappa shape index (κ3) is 4.39. The number of nitrogens with one attached hydrogen (secondary N) is 1.